The Kier molecular flexibility index (Phi) is 0.881. The van der Waals surface area contributed by atoms with Crippen LogP contribution in [-0.4, -0.2) is 18.8 Å². The van der Waals surface area contributed by atoms with Gasteiger partial charge in [0.25, 0.3) is 0 Å². The van der Waals surface area contributed by atoms with Gasteiger partial charge in [-0.3, -0.25) is 0 Å². The van der Waals surface area contributed by atoms with Crippen LogP contribution in [0.3, 0.4) is 0 Å². The molecular formula is C4H8N2. The van der Waals surface area contributed by atoms with Crippen LogP contribution in [0.5, 0.6) is 0 Å². The maximum absolute atomic E-state index is 6.61. The molecule has 0 bridgehead atoms. The normalized spacial score (nSPS) is 29.7. The van der Waals surface area contributed by atoms with E-state index in [-0.39, 0.29) is 0 Å². The minimum absolute atomic E-state index is 0.655. The molecule has 2 heteroatoms. The fourth-order valence-corrected chi connectivity index (χ4v) is 0.392. The highest BCUT2D eigenvalue weighted by molar-refractivity contribution is 5.54. The highest BCUT2D eigenvalue weighted by atomic mass is 15.1. The van der Waals surface area contributed by atoms with Gasteiger partial charge in [-0.2, -0.15) is 0 Å². The fourth-order valence-electron chi connectivity index (χ4n) is 0.392. The largest absolute Gasteiger partial charge is 0.313 e. The molecule has 0 radical (unpaired) electrons. The van der Waals surface area contributed by atoms with E-state index in [4.69, 9.17) is 5.41 Å². The van der Waals surface area contributed by atoms with Crippen LogP contribution in [0, 0.1) is 5.41 Å². The van der Waals surface area contributed by atoms with Gasteiger partial charge in [0.2, 0.25) is 0 Å². The first-order chi connectivity index (χ1) is 2.93. The summed E-state index contributed by atoms with van der Waals surface area (Å²) in [5.41, 5.74) is 0. The molecule has 1 saturated heterocycles. The van der Waals surface area contributed by atoms with Crippen molar-refractivity contribution in [1.82, 2.24) is 5.32 Å². The molecule has 1 heterocycles. The standard InChI is InChI=1S/C4H8N2/c5-2-1-4-3-6-4/h2,4-6H,1,3H2. The van der Waals surface area contributed by atoms with Gasteiger partial charge in [0.05, 0.1) is 0 Å². The highest BCUT2D eigenvalue weighted by Crippen LogP contribution is 1.97. The van der Waals surface area contributed by atoms with E-state index in [1.54, 1.807) is 0 Å². The maximum Gasteiger partial charge on any atom is 0.0242 e. The zero-order valence-electron chi connectivity index (χ0n) is 3.57. The zero-order valence-corrected chi connectivity index (χ0v) is 3.57. The number of nitrogens with one attached hydrogen (secondary N) is 2. The smallest absolute Gasteiger partial charge is 0.0242 e. The minimum Gasteiger partial charge on any atom is -0.313 e. The van der Waals surface area contributed by atoms with Crippen molar-refractivity contribution in [1.29, 1.82) is 5.41 Å². The molecular weight excluding hydrogens is 76.1 g/mol. The van der Waals surface area contributed by atoms with E-state index in [9.17, 15) is 0 Å². The van der Waals surface area contributed by atoms with Crippen molar-refractivity contribution >= 4 is 6.21 Å². The van der Waals surface area contributed by atoms with E-state index in [0.717, 1.165) is 13.0 Å². The second-order valence-corrected chi connectivity index (χ2v) is 1.54. The lowest BCUT2D eigenvalue weighted by molar-refractivity contribution is 1.01. The average Bonchev–Trinajstić information content (AvgIpc) is 2.21. The van der Waals surface area contributed by atoms with E-state index >= 15 is 0 Å². The Bertz CT molecular complexity index is 56.6. The summed E-state index contributed by atoms with van der Waals surface area (Å²) < 4.78 is 0. The Morgan fingerprint density at radius 1 is 2.00 bits per heavy atom. The van der Waals surface area contributed by atoms with Crippen molar-refractivity contribution in [2.24, 2.45) is 0 Å². The van der Waals surface area contributed by atoms with Crippen LogP contribution in [-0.2, 0) is 0 Å². The summed E-state index contributed by atoms with van der Waals surface area (Å²) in [5, 5.41) is 9.69. The van der Waals surface area contributed by atoms with Crippen LogP contribution in [0.4, 0.5) is 0 Å². The predicted octanol–water partition coefficient (Wildman–Crippen LogP) is -0.00213. The Hall–Kier alpha value is -0.370. The van der Waals surface area contributed by atoms with Gasteiger partial charge in [-0.05, 0) is 12.6 Å². The topological polar surface area (TPSA) is 45.8 Å². The van der Waals surface area contributed by atoms with E-state index in [1.807, 2.05) is 0 Å². The molecule has 1 rings (SSSR count). The number of hydrogen-bond acceptors (Lipinski definition) is 2. The second-order valence-electron chi connectivity index (χ2n) is 1.54. The SMILES string of the molecule is N=CCC1CN1. The fraction of sp³-hybridized carbons (Fsp3) is 0.750. The van der Waals surface area contributed by atoms with Crippen molar-refractivity contribution in [3.05, 3.63) is 0 Å². The molecule has 0 aromatic heterocycles. The lowest BCUT2D eigenvalue weighted by Crippen LogP contribution is -1.87. The maximum atomic E-state index is 6.61. The molecule has 1 aliphatic heterocycles. The lowest BCUT2D eigenvalue weighted by Gasteiger charge is -1.74. The molecule has 0 aromatic carbocycles. The van der Waals surface area contributed by atoms with Gasteiger partial charge in [-0.1, -0.05) is 0 Å². The van der Waals surface area contributed by atoms with Gasteiger partial charge < -0.3 is 10.7 Å². The Morgan fingerprint density at radius 3 is 2.83 bits per heavy atom. The molecule has 1 atom stereocenters. The van der Waals surface area contributed by atoms with Crippen LogP contribution in [0.15, 0.2) is 0 Å². The first-order valence-electron chi connectivity index (χ1n) is 2.16. The molecule has 0 aromatic rings. The Labute approximate surface area is 37.1 Å². The summed E-state index contributed by atoms with van der Waals surface area (Å²) >= 11 is 0. The van der Waals surface area contributed by atoms with Crippen LogP contribution in [0.1, 0.15) is 6.42 Å². The minimum atomic E-state index is 0.655. The Balaban J connectivity index is 2.00. The highest BCUT2D eigenvalue weighted by Gasteiger charge is 2.16. The third kappa shape index (κ3) is 0.792. The van der Waals surface area contributed by atoms with Gasteiger partial charge in [0, 0.05) is 12.6 Å². The first-order valence-corrected chi connectivity index (χ1v) is 2.16. The summed E-state index contributed by atoms with van der Waals surface area (Å²) in [7, 11) is 0. The summed E-state index contributed by atoms with van der Waals surface area (Å²) in [4.78, 5) is 0. The lowest BCUT2D eigenvalue weighted by atomic mass is 10.4. The molecule has 0 saturated carbocycles. The third-order valence-electron chi connectivity index (χ3n) is 0.895. The number of hydrogen-bond donors (Lipinski definition) is 2. The molecule has 0 spiro atoms. The molecule has 1 fully saturated rings. The van der Waals surface area contributed by atoms with Crippen LogP contribution in [0.25, 0.3) is 0 Å². The van der Waals surface area contributed by atoms with Gasteiger partial charge in [-0.15, -0.1) is 0 Å². The van der Waals surface area contributed by atoms with Crippen molar-refractivity contribution in [2.45, 2.75) is 12.5 Å². The van der Waals surface area contributed by atoms with Gasteiger partial charge in [0.15, 0.2) is 0 Å². The van der Waals surface area contributed by atoms with Crippen molar-refractivity contribution < 1.29 is 0 Å². The van der Waals surface area contributed by atoms with Crippen LogP contribution >= 0.6 is 0 Å². The van der Waals surface area contributed by atoms with E-state index < -0.39 is 0 Å². The summed E-state index contributed by atoms with van der Waals surface area (Å²) in [5.74, 6) is 0. The molecule has 2 N–H and O–H groups in total. The summed E-state index contributed by atoms with van der Waals surface area (Å²) in [6.45, 7) is 1.12. The molecule has 0 amide bonds. The predicted molar refractivity (Wildman–Crippen MR) is 25.2 cm³/mol. The first kappa shape index (κ1) is 3.81. The second kappa shape index (κ2) is 1.39. The monoisotopic (exact) mass is 84.1 g/mol. The molecule has 2 nitrogen and oxygen atoms in total. The van der Waals surface area contributed by atoms with E-state index in [0.29, 0.717) is 6.04 Å². The molecule has 34 valence electrons. The molecule has 1 unspecified atom stereocenters. The van der Waals surface area contributed by atoms with Crippen LogP contribution in [0.2, 0.25) is 0 Å². The molecule has 6 heavy (non-hydrogen) atoms. The van der Waals surface area contributed by atoms with Crippen LogP contribution < -0.4 is 5.32 Å². The Morgan fingerprint density at radius 2 is 2.67 bits per heavy atom. The van der Waals surface area contributed by atoms with Crippen molar-refractivity contribution in [3.8, 4) is 0 Å². The summed E-state index contributed by atoms with van der Waals surface area (Å²) in [6.07, 6.45) is 2.37. The quantitative estimate of drug-likeness (QED) is 0.359. The van der Waals surface area contributed by atoms with Gasteiger partial charge in [0.1, 0.15) is 0 Å². The van der Waals surface area contributed by atoms with E-state index in [2.05, 4.69) is 5.32 Å². The average molecular weight is 84.1 g/mol. The third-order valence-corrected chi connectivity index (χ3v) is 0.895. The zero-order chi connectivity index (χ0) is 4.41. The molecule has 0 aliphatic carbocycles. The van der Waals surface area contributed by atoms with Gasteiger partial charge in [-0.25, -0.2) is 0 Å². The van der Waals surface area contributed by atoms with Gasteiger partial charge >= 0.3 is 0 Å². The molecule has 1 aliphatic rings. The number of rotatable bonds is 2. The van der Waals surface area contributed by atoms with Crippen molar-refractivity contribution in [2.75, 3.05) is 6.54 Å². The summed E-state index contributed by atoms with van der Waals surface area (Å²) in [6, 6.07) is 0.655. The van der Waals surface area contributed by atoms with Crippen molar-refractivity contribution in [3.63, 3.8) is 0 Å². The van der Waals surface area contributed by atoms with E-state index in [1.165, 1.54) is 6.21 Å².